The van der Waals surface area contributed by atoms with E-state index in [0.29, 0.717) is 61.4 Å². The number of hydrogen-bond donors (Lipinski definition) is 2. The van der Waals surface area contributed by atoms with Crippen molar-refractivity contribution in [2.24, 2.45) is 0 Å². The summed E-state index contributed by atoms with van der Waals surface area (Å²) in [5.41, 5.74) is 6.41. The second-order valence-corrected chi connectivity index (χ2v) is 10.8. The molecule has 236 valence electrons. The predicted octanol–water partition coefficient (Wildman–Crippen LogP) is 7.32. The molecule has 0 saturated carbocycles. The molecular formula is C37H35ClN2O6. The van der Waals surface area contributed by atoms with Crippen LogP contribution in [0.2, 0.25) is 5.02 Å². The van der Waals surface area contributed by atoms with Crippen molar-refractivity contribution in [3.05, 3.63) is 106 Å². The number of carbonyl (C=O) groups is 1. The summed E-state index contributed by atoms with van der Waals surface area (Å²) in [6.07, 6.45) is 8.60. The van der Waals surface area contributed by atoms with Crippen molar-refractivity contribution in [3.63, 3.8) is 0 Å². The van der Waals surface area contributed by atoms with Crippen molar-refractivity contribution in [2.45, 2.75) is 39.5 Å². The average molecular weight is 639 g/mol. The monoisotopic (exact) mass is 638 g/mol. The van der Waals surface area contributed by atoms with Crippen LogP contribution in [-0.2, 0) is 24.6 Å². The maximum atomic E-state index is 10.9. The molecule has 0 amide bonds. The van der Waals surface area contributed by atoms with Crippen LogP contribution in [0.15, 0.2) is 72.8 Å². The van der Waals surface area contributed by atoms with Gasteiger partial charge in [-0.05, 0) is 78.0 Å². The average Bonchev–Trinajstić information content (AvgIpc) is 3.08. The van der Waals surface area contributed by atoms with Crippen molar-refractivity contribution in [2.75, 3.05) is 19.8 Å². The molecule has 0 saturated heterocycles. The van der Waals surface area contributed by atoms with Gasteiger partial charge in [0, 0.05) is 24.6 Å². The Morgan fingerprint density at radius 3 is 2.50 bits per heavy atom. The van der Waals surface area contributed by atoms with Gasteiger partial charge in [0.05, 0.1) is 16.7 Å². The van der Waals surface area contributed by atoms with Crippen LogP contribution in [0.3, 0.4) is 0 Å². The Hall–Kier alpha value is -5.15. The number of fused-ring (bicyclic) bond motifs is 1. The molecule has 1 aliphatic heterocycles. The first kappa shape index (κ1) is 33.7. The maximum absolute atomic E-state index is 10.9. The third kappa shape index (κ3) is 8.95. The summed E-state index contributed by atoms with van der Waals surface area (Å²) in [6.45, 7) is 4.65. The second-order valence-electron chi connectivity index (χ2n) is 10.4. The van der Waals surface area contributed by atoms with Crippen molar-refractivity contribution in [1.82, 2.24) is 5.32 Å². The molecular weight excluding hydrogens is 604 g/mol. The minimum Gasteiger partial charge on any atom is -0.488 e. The fourth-order valence-corrected chi connectivity index (χ4v) is 5.20. The molecule has 8 nitrogen and oxygen atoms in total. The maximum Gasteiger partial charge on any atom is 0.303 e. The highest BCUT2D eigenvalue weighted by Gasteiger charge is 2.16. The van der Waals surface area contributed by atoms with Gasteiger partial charge in [0.15, 0.2) is 11.5 Å². The summed E-state index contributed by atoms with van der Waals surface area (Å²) in [6, 6.07) is 25.1. The van der Waals surface area contributed by atoms with E-state index in [-0.39, 0.29) is 13.0 Å². The number of nitriles is 1. The molecule has 46 heavy (non-hydrogen) atoms. The summed E-state index contributed by atoms with van der Waals surface area (Å²) in [5.74, 6) is 1.73. The summed E-state index contributed by atoms with van der Waals surface area (Å²) in [7, 11) is 0. The number of halogens is 1. The number of rotatable bonds is 13. The second kappa shape index (κ2) is 16.8. The number of nitrogens with one attached hydrogen (secondary N) is 1. The standard InChI is InChI=1S/C35H33ClN2O6.C2H2/c1-23-27(7-3-8-29(23)26-10-11-31-34(17-26)42-14-13-41-31)22-44-33-18-32(43-21-25-6-2-5-24(15-25)19-37)28(16-30(33)36)20-38-12-4-9-35(39)40;1-2/h2-3,5-8,10-11,15-18,38H,4,9,12-14,20-22H2,1H3,(H,39,40);1-2H. The molecule has 0 spiro atoms. The van der Waals surface area contributed by atoms with E-state index in [1.54, 1.807) is 24.3 Å². The summed E-state index contributed by atoms with van der Waals surface area (Å²) in [4.78, 5) is 10.9. The van der Waals surface area contributed by atoms with E-state index in [4.69, 9.17) is 35.7 Å². The molecule has 0 aromatic heterocycles. The summed E-state index contributed by atoms with van der Waals surface area (Å²) < 4.78 is 23.9. The highest BCUT2D eigenvalue weighted by molar-refractivity contribution is 6.32. The topological polar surface area (TPSA) is 110 Å². The zero-order chi connectivity index (χ0) is 32.9. The van der Waals surface area contributed by atoms with Gasteiger partial charge in [0.1, 0.15) is 37.9 Å². The van der Waals surface area contributed by atoms with Crippen LogP contribution in [0.1, 0.15) is 40.7 Å². The van der Waals surface area contributed by atoms with Crippen LogP contribution in [-0.4, -0.2) is 30.8 Å². The summed E-state index contributed by atoms with van der Waals surface area (Å²) >= 11 is 6.69. The Morgan fingerprint density at radius 2 is 1.72 bits per heavy atom. The number of aliphatic carboxylic acids is 1. The lowest BCUT2D eigenvalue weighted by molar-refractivity contribution is -0.137. The third-order valence-corrected chi connectivity index (χ3v) is 7.60. The smallest absolute Gasteiger partial charge is 0.303 e. The van der Waals surface area contributed by atoms with Crippen LogP contribution >= 0.6 is 11.6 Å². The van der Waals surface area contributed by atoms with Gasteiger partial charge in [-0.15, -0.1) is 12.8 Å². The van der Waals surface area contributed by atoms with Gasteiger partial charge < -0.3 is 29.4 Å². The molecule has 0 radical (unpaired) electrons. The number of nitrogens with zero attached hydrogens (tertiary/aromatic N) is 1. The lowest BCUT2D eigenvalue weighted by atomic mass is 9.96. The number of benzene rings is 4. The predicted molar refractivity (Wildman–Crippen MR) is 177 cm³/mol. The van der Waals surface area contributed by atoms with Gasteiger partial charge in [-0.25, -0.2) is 0 Å². The Kier molecular flexibility index (Phi) is 12.3. The molecule has 5 rings (SSSR count). The van der Waals surface area contributed by atoms with E-state index in [2.05, 4.69) is 37.2 Å². The van der Waals surface area contributed by atoms with Gasteiger partial charge >= 0.3 is 5.97 Å². The minimum atomic E-state index is -0.827. The molecule has 0 aliphatic carbocycles. The number of terminal acetylenes is 1. The minimum absolute atomic E-state index is 0.0917. The molecule has 0 unspecified atom stereocenters. The van der Waals surface area contributed by atoms with E-state index in [1.807, 2.05) is 42.5 Å². The van der Waals surface area contributed by atoms with Gasteiger partial charge in [-0.2, -0.15) is 5.26 Å². The largest absolute Gasteiger partial charge is 0.488 e. The highest BCUT2D eigenvalue weighted by atomic mass is 35.5. The van der Waals surface area contributed by atoms with Crippen molar-refractivity contribution in [1.29, 1.82) is 5.26 Å². The van der Waals surface area contributed by atoms with Crippen LogP contribution in [0.25, 0.3) is 11.1 Å². The Morgan fingerprint density at radius 1 is 0.957 bits per heavy atom. The zero-order valence-electron chi connectivity index (χ0n) is 25.6. The first-order valence-corrected chi connectivity index (χ1v) is 15.1. The first-order chi connectivity index (χ1) is 22.4. The molecule has 2 N–H and O–H groups in total. The summed E-state index contributed by atoms with van der Waals surface area (Å²) in [5, 5.41) is 21.9. The molecule has 0 atom stereocenters. The molecule has 0 fully saturated rings. The SMILES string of the molecule is C#C.Cc1c(COc2cc(OCc3cccc(C#N)c3)c(CNCCCC(=O)O)cc2Cl)cccc1-c1ccc2c(c1)OCCO2. The van der Waals surface area contributed by atoms with Crippen LogP contribution in [0.4, 0.5) is 0 Å². The fourth-order valence-electron chi connectivity index (χ4n) is 4.96. The van der Waals surface area contributed by atoms with E-state index in [9.17, 15) is 10.1 Å². The van der Waals surface area contributed by atoms with Gasteiger partial charge in [0.25, 0.3) is 0 Å². The number of carboxylic acids is 1. The lowest BCUT2D eigenvalue weighted by Gasteiger charge is -2.20. The van der Waals surface area contributed by atoms with Gasteiger partial charge in [0.2, 0.25) is 0 Å². The molecule has 4 aromatic carbocycles. The molecule has 1 aliphatic rings. The van der Waals surface area contributed by atoms with Gasteiger partial charge in [-0.3, -0.25) is 4.79 Å². The number of carboxylic acid groups (broad SMARTS) is 1. The molecule has 0 bridgehead atoms. The lowest BCUT2D eigenvalue weighted by Crippen LogP contribution is -2.16. The Bertz CT molecular complexity index is 1730. The fraction of sp³-hybridized carbons (Fsp3) is 0.243. The van der Waals surface area contributed by atoms with Crippen molar-refractivity contribution in [3.8, 4) is 53.0 Å². The van der Waals surface area contributed by atoms with E-state index >= 15 is 0 Å². The van der Waals surface area contributed by atoms with E-state index in [0.717, 1.165) is 44.9 Å². The number of hydrogen-bond acceptors (Lipinski definition) is 7. The third-order valence-electron chi connectivity index (χ3n) is 7.31. The highest BCUT2D eigenvalue weighted by Crippen LogP contribution is 2.37. The van der Waals surface area contributed by atoms with E-state index in [1.165, 1.54) is 0 Å². The van der Waals surface area contributed by atoms with E-state index < -0.39 is 5.97 Å². The molecule has 4 aromatic rings. The van der Waals surface area contributed by atoms with Crippen LogP contribution in [0, 0.1) is 31.1 Å². The normalized spacial score (nSPS) is 11.5. The Labute approximate surface area is 274 Å². The van der Waals surface area contributed by atoms with Crippen LogP contribution < -0.4 is 24.3 Å². The first-order valence-electron chi connectivity index (χ1n) is 14.7. The molecule has 9 heteroatoms. The van der Waals surface area contributed by atoms with Crippen molar-refractivity contribution < 1.29 is 28.8 Å². The quantitative estimate of drug-likeness (QED) is 0.116. The molecule has 1 heterocycles. The van der Waals surface area contributed by atoms with Gasteiger partial charge in [-0.1, -0.05) is 48.0 Å². The van der Waals surface area contributed by atoms with Crippen molar-refractivity contribution >= 4 is 17.6 Å². The van der Waals surface area contributed by atoms with Crippen LogP contribution in [0.5, 0.6) is 23.0 Å². The Balaban J connectivity index is 0.00000235. The number of ether oxygens (including phenoxy) is 4. The zero-order valence-corrected chi connectivity index (χ0v) is 26.3.